The molecule has 1 aromatic carbocycles. The van der Waals surface area contributed by atoms with Gasteiger partial charge in [0.2, 0.25) is 5.91 Å². The minimum absolute atomic E-state index is 0.0839. The lowest BCUT2D eigenvalue weighted by atomic mass is 10.3. The van der Waals surface area contributed by atoms with Gasteiger partial charge in [-0.05, 0) is 12.5 Å². The third-order valence-electron chi connectivity index (χ3n) is 2.09. The minimum atomic E-state index is -0.557. The smallest absolute Gasteiger partial charge is 0.311 e. The van der Waals surface area contributed by atoms with Crippen LogP contribution in [-0.2, 0) is 4.79 Å². The molecule has 98 valence electrons. The molecule has 1 aromatic rings. The van der Waals surface area contributed by atoms with Gasteiger partial charge in [-0.25, -0.2) is 5.84 Å². The lowest BCUT2D eigenvalue weighted by Gasteiger charge is -2.06. The summed E-state index contributed by atoms with van der Waals surface area (Å²) in [4.78, 5) is 21.0. The minimum Gasteiger partial charge on any atom is -0.487 e. The van der Waals surface area contributed by atoms with Crippen LogP contribution in [0, 0.1) is 10.1 Å². The number of halogens is 1. The predicted molar refractivity (Wildman–Crippen MR) is 65.2 cm³/mol. The van der Waals surface area contributed by atoms with Gasteiger partial charge in [-0.15, -0.1) is 0 Å². The average Bonchev–Trinajstić information content (AvgIpc) is 2.34. The molecule has 0 aliphatic carbocycles. The molecule has 7 nitrogen and oxygen atoms in total. The van der Waals surface area contributed by atoms with Crippen LogP contribution in [0.4, 0.5) is 5.69 Å². The number of ether oxygens (including phenoxy) is 1. The van der Waals surface area contributed by atoms with Crippen molar-refractivity contribution in [3.8, 4) is 5.75 Å². The zero-order valence-corrected chi connectivity index (χ0v) is 10.1. The van der Waals surface area contributed by atoms with Gasteiger partial charge in [0, 0.05) is 23.6 Å². The summed E-state index contributed by atoms with van der Waals surface area (Å²) in [5, 5.41) is 11.1. The number of hydrogen-bond acceptors (Lipinski definition) is 5. The van der Waals surface area contributed by atoms with Crippen molar-refractivity contribution in [2.24, 2.45) is 5.84 Å². The lowest BCUT2D eigenvalue weighted by molar-refractivity contribution is -0.385. The Morgan fingerprint density at radius 2 is 2.28 bits per heavy atom. The summed E-state index contributed by atoms with van der Waals surface area (Å²) < 4.78 is 5.23. The van der Waals surface area contributed by atoms with Crippen molar-refractivity contribution in [3.05, 3.63) is 33.3 Å². The fraction of sp³-hybridized carbons (Fsp3) is 0.300. The van der Waals surface area contributed by atoms with Gasteiger partial charge in [-0.1, -0.05) is 11.6 Å². The Labute approximate surface area is 108 Å². The Kier molecular flexibility index (Phi) is 5.34. The van der Waals surface area contributed by atoms with E-state index in [1.807, 2.05) is 5.43 Å². The second kappa shape index (κ2) is 6.77. The molecule has 0 fully saturated rings. The summed E-state index contributed by atoms with van der Waals surface area (Å²) in [6.45, 7) is 0.161. The summed E-state index contributed by atoms with van der Waals surface area (Å²) in [7, 11) is 0. The van der Waals surface area contributed by atoms with Crippen LogP contribution in [0.1, 0.15) is 12.8 Å². The highest BCUT2D eigenvalue weighted by Crippen LogP contribution is 2.29. The molecule has 0 spiro atoms. The number of nitrogens with two attached hydrogens (primary N) is 1. The zero-order valence-electron chi connectivity index (χ0n) is 9.39. The summed E-state index contributed by atoms with van der Waals surface area (Å²) >= 11 is 5.72. The van der Waals surface area contributed by atoms with E-state index in [9.17, 15) is 14.9 Å². The van der Waals surface area contributed by atoms with Crippen LogP contribution in [0.2, 0.25) is 5.02 Å². The molecule has 0 bridgehead atoms. The molecular formula is C10H12ClN3O4. The van der Waals surface area contributed by atoms with Crippen LogP contribution in [0.3, 0.4) is 0 Å². The van der Waals surface area contributed by atoms with E-state index in [2.05, 4.69) is 0 Å². The zero-order chi connectivity index (χ0) is 13.5. The van der Waals surface area contributed by atoms with Crippen LogP contribution in [-0.4, -0.2) is 17.4 Å². The maximum Gasteiger partial charge on any atom is 0.311 e. The summed E-state index contributed by atoms with van der Waals surface area (Å²) in [5.74, 6) is 4.67. The van der Waals surface area contributed by atoms with E-state index in [4.69, 9.17) is 22.2 Å². The van der Waals surface area contributed by atoms with Gasteiger partial charge in [0.1, 0.15) is 0 Å². The van der Waals surface area contributed by atoms with Crippen LogP contribution in [0.5, 0.6) is 5.75 Å². The van der Waals surface area contributed by atoms with E-state index < -0.39 is 4.92 Å². The summed E-state index contributed by atoms with van der Waals surface area (Å²) in [6.07, 6.45) is 0.581. The number of benzene rings is 1. The van der Waals surface area contributed by atoms with Gasteiger partial charge >= 0.3 is 5.69 Å². The van der Waals surface area contributed by atoms with Crippen LogP contribution in [0.25, 0.3) is 0 Å². The fourth-order valence-corrected chi connectivity index (χ4v) is 1.40. The maximum absolute atomic E-state index is 10.8. The van der Waals surface area contributed by atoms with Crippen molar-refractivity contribution in [2.75, 3.05) is 6.61 Å². The molecule has 0 aromatic heterocycles. The molecule has 0 unspecified atom stereocenters. The van der Waals surface area contributed by atoms with Crippen molar-refractivity contribution >= 4 is 23.2 Å². The Hall–Kier alpha value is -1.86. The molecule has 1 amide bonds. The van der Waals surface area contributed by atoms with Crippen molar-refractivity contribution in [1.29, 1.82) is 0 Å². The third-order valence-corrected chi connectivity index (χ3v) is 2.32. The number of nitrogens with one attached hydrogen (secondary N) is 1. The van der Waals surface area contributed by atoms with Crippen molar-refractivity contribution in [3.63, 3.8) is 0 Å². The number of hydrazine groups is 1. The standard InChI is InChI=1S/C10H12ClN3O4/c11-7-3-4-8(14(16)17)9(6-7)18-5-1-2-10(15)13-12/h3-4,6H,1-2,5,12H2,(H,13,15). The average molecular weight is 274 g/mol. The lowest BCUT2D eigenvalue weighted by Crippen LogP contribution is -2.29. The van der Waals surface area contributed by atoms with Gasteiger partial charge in [-0.3, -0.25) is 20.3 Å². The number of carbonyl (C=O) groups excluding carboxylic acids is 1. The number of nitro groups is 1. The molecule has 0 aliphatic heterocycles. The quantitative estimate of drug-likeness (QED) is 0.268. The maximum atomic E-state index is 10.8. The summed E-state index contributed by atoms with van der Waals surface area (Å²) in [5.41, 5.74) is 1.81. The Bertz CT molecular complexity index is 453. The van der Waals surface area contributed by atoms with E-state index >= 15 is 0 Å². The highest BCUT2D eigenvalue weighted by Gasteiger charge is 2.15. The van der Waals surface area contributed by atoms with Gasteiger partial charge < -0.3 is 4.74 Å². The molecule has 0 heterocycles. The number of amides is 1. The molecule has 0 radical (unpaired) electrons. The second-order valence-corrected chi connectivity index (χ2v) is 3.83. The van der Waals surface area contributed by atoms with Crippen molar-refractivity contribution in [1.82, 2.24) is 5.43 Å². The Balaban J connectivity index is 2.58. The topological polar surface area (TPSA) is 107 Å². The summed E-state index contributed by atoms with van der Waals surface area (Å²) in [6, 6.07) is 4.04. The normalized spacial score (nSPS) is 9.89. The van der Waals surface area contributed by atoms with E-state index in [0.717, 1.165) is 0 Å². The number of nitro benzene ring substituents is 1. The first-order chi connectivity index (χ1) is 8.54. The number of rotatable bonds is 6. The highest BCUT2D eigenvalue weighted by atomic mass is 35.5. The Morgan fingerprint density at radius 1 is 1.56 bits per heavy atom. The number of nitrogens with zero attached hydrogens (tertiary/aromatic N) is 1. The van der Waals surface area contributed by atoms with Crippen LogP contribution >= 0.6 is 11.6 Å². The molecule has 0 atom stereocenters. The first kappa shape index (κ1) is 14.2. The van der Waals surface area contributed by atoms with Crippen LogP contribution < -0.4 is 16.0 Å². The largest absolute Gasteiger partial charge is 0.487 e. The van der Waals surface area contributed by atoms with Crippen molar-refractivity contribution in [2.45, 2.75) is 12.8 Å². The molecule has 3 N–H and O–H groups in total. The monoisotopic (exact) mass is 273 g/mol. The molecule has 18 heavy (non-hydrogen) atoms. The molecule has 0 saturated heterocycles. The number of hydrogen-bond donors (Lipinski definition) is 2. The number of carbonyl (C=O) groups is 1. The van der Waals surface area contributed by atoms with E-state index in [-0.39, 0.29) is 30.4 Å². The Morgan fingerprint density at radius 3 is 2.89 bits per heavy atom. The van der Waals surface area contributed by atoms with E-state index in [1.54, 1.807) is 0 Å². The van der Waals surface area contributed by atoms with Gasteiger partial charge in [0.25, 0.3) is 0 Å². The fourth-order valence-electron chi connectivity index (χ4n) is 1.24. The third kappa shape index (κ3) is 4.19. The van der Waals surface area contributed by atoms with E-state index in [0.29, 0.717) is 11.4 Å². The molecule has 0 saturated carbocycles. The van der Waals surface area contributed by atoms with Crippen molar-refractivity contribution < 1.29 is 14.5 Å². The van der Waals surface area contributed by atoms with E-state index in [1.165, 1.54) is 18.2 Å². The first-order valence-electron chi connectivity index (χ1n) is 5.10. The molecule has 0 aliphatic rings. The predicted octanol–water partition coefficient (Wildman–Crippen LogP) is 1.40. The van der Waals surface area contributed by atoms with Gasteiger partial charge in [0.15, 0.2) is 5.75 Å². The van der Waals surface area contributed by atoms with Gasteiger partial charge in [-0.2, -0.15) is 0 Å². The van der Waals surface area contributed by atoms with Gasteiger partial charge in [0.05, 0.1) is 11.5 Å². The molecular weight excluding hydrogens is 262 g/mol. The van der Waals surface area contributed by atoms with Crippen LogP contribution in [0.15, 0.2) is 18.2 Å². The SMILES string of the molecule is NNC(=O)CCCOc1cc(Cl)ccc1[N+](=O)[O-]. The molecule has 1 rings (SSSR count). The highest BCUT2D eigenvalue weighted by molar-refractivity contribution is 6.30. The second-order valence-electron chi connectivity index (χ2n) is 3.39. The molecule has 8 heteroatoms. The first-order valence-corrected chi connectivity index (χ1v) is 5.48.